The monoisotopic (exact) mass is 367 g/mol. The third-order valence-corrected chi connectivity index (χ3v) is 4.07. The zero-order valence-corrected chi connectivity index (χ0v) is 14.6. The van der Waals surface area contributed by atoms with E-state index in [1.807, 2.05) is 54.6 Å². The molecule has 3 aromatic rings. The molecule has 0 unspecified atom stereocenters. The minimum atomic E-state index is -1.13. The molecule has 1 amide bonds. The Bertz CT molecular complexity index is 896. The summed E-state index contributed by atoms with van der Waals surface area (Å²) < 4.78 is 32.5. The van der Waals surface area contributed by atoms with Crippen molar-refractivity contribution in [3.63, 3.8) is 0 Å². The van der Waals surface area contributed by atoms with E-state index in [4.69, 9.17) is 4.74 Å². The first kappa shape index (κ1) is 18.6. The fraction of sp³-hybridized carbons (Fsp3) is 0.136. The molecule has 0 saturated heterocycles. The number of carbonyl (C=O) groups is 1. The summed E-state index contributed by atoms with van der Waals surface area (Å²) in [5.41, 5.74) is 1.80. The summed E-state index contributed by atoms with van der Waals surface area (Å²) in [5, 5.41) is 2.60. The van der Waals surface area contributed by atoms with E-state index in [0.717, 1.165) is 22.9 Å². The number of rotatable bonds is 7. The Hall–Kier alpha value is -3.21. The van der Waals surface area contributed by atoms with Crippen LogP contribution in [0.1, 0.15) is 21.5 Å². The van der Waals surface area contributed by atoms with Gasteiger partial charge in [-0.25, -0.2) is 8.78 Å². The molecule has 3 nitrogen and oxygen atoms in total. The van der Waals surface area contributed by atoms with Crippen LogP contribution in [0.25, 0.3) is 0 Å². The van der Waals surface area contributed by atoms with E-state index >= 15 is 0 Å². The number of carbonyl (C=O) groups excluding carboxylic acids is 1. The molecular formula is C22H19F2NO2. The van der Waals surface area contributed by atoms with Gasteiger partial charge in [0.15, 0.2) is 11.6 Å². The Morgan fingerprint density at radius 2 is 1.59 bits per heavy atom. The minimum Gasteiger partial charge on any atom is -0.489 e. The lowest BCUT2D eigenvalue weighted by Gasteiger charge is -2.09. The number of ether oxygens (including phenoxy) is 1. The zero-order valence-electron chi connectivity index (χ0n) is 14.6. The first-order chi connectivity index (χ1) is 13.1. The van der Waals surface area contributed by atoms with E-state index in [0.29, 0.717) is 19.6 Å². The van der Waals surface area contributed by atoms with E-state index in [1.165, 1.54) is 12.1 Å². The second-order valence-corrected chi connectivity index (χ2v) is 6.03. The van der Waals surface area contributed by atoms with Crippen LogP contribution < -0.4 is 10.1 Å². The normalized spacial score (nSPS) is 10.4. The average Bonchev–Trinajstić information content (AvgIpc) is 2.70. The van der Waals surface area contributed by atoms with E-state index in [2.05, 4.69) is 5.32 Å². The summed E-state index contributed by atoms with van der Waals surface area (Å²) in [6.07, 6.45) is 0.571. The van der Waals surface area contributed by atoms with Crippen LogP contribution in [-0.2, 0) is 13.0 Å². The summed E-state index contributed by atoms with van der Waals surface area (Å²) in [6, 6.07) is 21.0. The van der Waals surface area contributed by atoms with Gasteiger partial charge >= 0.3 is 0 Å². The van der Waals surface area contributed by atoms with Gasteiger partial charge in [-0.1, -0.05) is 48.5 Å². The molecular weight excluding hydrogens is 348 g/mol. The maximum atomic E-state index is 13.6. The molecule has 0 radical (unpaired) electrons. The SMILES string of the molecule is O=C(NCCc1ccc(OCc2ccccc2)cc1)c1cccc(F)c1F. The Labute approximate surface area is 156 Å². The van der Waals surface area contributed by atoms with Crippen molar-refractivity contribution in [2.75, 3.05) is 6.54 Å². The third kappa shape index (κ3) is 5.14. The lowest BCUT2D eigenvalue weighted by atomic mass is 10.1. The van der Waals surface area contributed by atoms with Crippen LogP contribution in [0.4, 0.5) is 8.78 Å². The van der Waals surface area contributed by atoms with Gasteiger partial charge in [-0.3, -0.25) is 4.79 Å². The topological polar surface area (TPSA) is 38.3 Å². The summed E-state index contributed by atoms with van der Waals surface area (Å²) >= 11 is 0. The van der Waals surface area contributed by atoms with E-state index in [9.17, 15) is 13.6 Å². The fourth-order valence-electron chi connectivity index (χ4n) is 2.59. The predicted octanol–water partition coefficient (Wildman–Crippen LogP) is 4.52. The van der Waals surface area contributed by atoms with Gasteiger partial charge in [-0.2, -0.15) is 0 Å². The largest absolute Gasteiger partial charge is 0.489 e. The minimum absolute atomic E-state index is 0.292. The molecule has 0 aromatic heterocycles. The maximum Gasteiger partial charge on any atom is 0.254 e. The molecule has 5 heteroatoms. The van der Waals surface area contributed by atoms with Gasteiger partial charge in [-0.15, -0.1) is 0 Å². The van der Waals surface area contributed by atoms with Crippen molar-refractivity contribution in [2.45, 2.75) is 13.0 Å². The van der Waals surface area contributed by atoms with E-state index in [-0.39, 0.29) is 5.56 Å². The van der Waals surface area contributed by atoms with E-state index < -0.39 is 17.5 Å². The second-order valence-electron chi connectivity index (χ2n) is 6.03. The highest BCUT2D eigenvalue weighted by molar-refractivity contribution is 5.94. The number of halogens is 2. The van der Waals surface area contributed by atoms with Gasteiger partial charge < -0.3 is 10.1 Å². The van der Waals surface area contributed by atoms with Crippen LogP contribution in [0.3, 0.4) is 0 Å². The zero-order chi connectivity index (χ0) is 19.1. The first-order valence-electron chi connectivity index (χ1n) is 8.61. The molecule has 1 N–H and O–H groups in total. The smallest absolute Gasteiger partial charge is 0.254 e. The molecule has 0 aliphatic carbocycles. The molecule has 0 spiro atoms. The number of amides is 1. The molecule has 3 aromatic carbocycles. The number of nitrogens with one attached hydrogen (secondary N) is 1. The van der Waals surface area contributed by atoms with Gasteiger partial charge in [0.1, 0.15) is 12.4 Å². The van der Waals surface area contributed by atoms with Crippen LogP contribution in [0, 0.1) is 11.6 Å². The Morgan fingerprint density at radius 3 is 2.33 bits per heavy atom. The van der Waals surface area contributed by atoms with Crippen molar-refractivity contribution in [3.05, 3.63) is 101 Å². The first-order valence-corrected chi connectivity index (χ1v) is 8.61. The van der Waals surface area contributed by atoms with Crippen molar-refractivity contribution in [3.8, 4) is 5.75 Å². The predicted molar refractivity (Wildman–Crippen MR) is 99.6 cm³/mol. The van der Waals surface area contributed by atoms with Gasteiger partial charge in [-0.05, 0) is 41.8 Å². The summed E-state index contributed by atoms with van der Waals surface area (Å²) in [5.74, 6) is -2.04. The molecule has 27 heavy (non-hydrogen) atoms. The summed E-state index contributed by atoms with van der Waals surface area (Å²) in [7, 11) is 0. The van der Waals surface area contributed by atoms with Crippen molar-refractivity contribution >= 4 is 5.91 Å². The lowest BCUT2D eigenvalue weighted by molar-refractivity contribution is 0.0949. The molecule has 0 atom stereocenters. The lowest BCUT2D eigenvalue weighted by Crippen LogP contribution is -2.26. The summed E-state index contributed by atoms with van der Waals surface area (Å²) in [6.45, 7) is 0.814. The van der Waals surface area contributed by atoms with Crippen molar-refractivity contribution in [2.24, 2.45) is 0 Å². The quantitative estimate of drug-likeness (QED) is 0.667. The van der Waals surface area contributed by atoms with Gasteiger partial charge in [0.2, 0.25) is 0 Å². The molecule has 3 rings (SSSR count). The summed E-state index contributed by atoms with van der Waals surface area (Å²) in [4.78, 5) is 11.9. The van der Waals surface area contributed by atoms with Crippen LogP contribution in [0.5, 0.6) is 5.75 Å². The third-order valence-electron chi connectivity index (χ3n) is 4.07. The number of hydrogen-bond acceptors (Lipinski definition) is 2. The van der Waals surface area contributed by atoms with Crippen molar-refractivity contribution in [1.82, 2.24) is 5.32 Å². The van der Waals surface area contributed by atoms with Crippen LogP contribution in [0.15, 0.2) is 72.8 Å². The highest BCUT2D eigenvalue weighted by Crippen LogP contribution is 2.15. The highest BCUT2D eigenvalue weighted by atomic mass is 19.2. The molecule has 0 fully saturated rings. The molecule has 0 aliphatic rings. The Balaban J connectivity index is 1.47. The molecule has 0 saturated carbocycles. The van der Waals surface area contributed by atoms with E-state index in [1.54, 1.807) is 0 Å². The molecule has 0 aliphatic heterocycles. The Morgan fingerprint density at radius 1 is 0.852 bits per heavy atom. The van der Waals surface area contributed by atoms with Crippen LogP contribution >= 0.6 is 0 Å². The van der Waals surface area contributed by atoms with Crippen molar-refractivity contribution in [1.29, 1.82) is 0 Å². The highest BCUT2D eigenvalue weighted by Gasteiger charge is 2.14. The fourth-order valence-corrected chi connectivity index (χ4v) is 2.59. The molecule has 138 valence electrons. The second kappa shape index (κ2) is 8.94. The molecule has 0 heterocycles. The Kier molecular flexibility index (Phi) is 6.15. The van der Waals surface area contributed by atoms with Crippen LogP contribution in [0.2, 0.25) is 0 Å². The van der Waals surface area contributed by atoms with Gasteiger partial charge in [0.05, 0.1) is 5.56 Å². The van der Waals surface area contributed by atoms with Crippen molar-refractivity contribution < 1.29 is 18.3 Å². The standard InChI is InChI=1S/C22H19F2NO2/c23-20-8-4-7-19(21(20)24)22(26)25-14-13-16-9-11-18(12-10-16)27-15-17-5-2-1-3-6-17/h1-12H,13-15H2,(H,25,26). The van der Waals surface area contributed by atoms with Crippen LogP contribution in [-0.4, -0.2) is 12.5 Å². The average molecular weight is 367 g/mol. The number of benzene rings is 3. The molecule has 0 bridgehead atoms. The number of hydrogen-bond donors (Lipinski definition) is 1. The van der Waals surface area contributed by atoms with Gasteiger partial charge in [0.25, 0.3) is 5.91 Å². The maximum absolute atomic E-state index is 13.6. The van der Waals surface area contributed by atoms with Gasteiger partial charge in [0, 0.05) is 6.54 Å².